The van der Waals surface area contributed by atoms with E-state index in [-0.39, 0.29) is 12.5 Å². The number of aliphatic hydroxyl groups excluding tert-OH is 5. The van der Waals surface area contributed by atoms with E-state index in [1.54, 1.807) is 6.08 Å². The number of allylic oxidation sites excluding steroid dienone is 3. The lowest BCUT2D eigenvalue weighted by molar-refractivity contribution is -0.302. The molecular weight excluding hydrogens is 695 g/mol. The molecule has 0 saturated carbocycles. The fraction of sp³-hybridized carbons (Fsp3) is 0.891. The third-order valence-electron chi connectivity index (χ3n) is 11.0. The van der Waals surface area contributed by atoms with Crippen molar-refractivity contribution in [3.8, 4) is 0 Å². The summed E-state index contributed by atoms with van der Waals surface area (Å²) >= 11 is 0. The molecule has 0 aliphatic carbocycles. The molecule has 1 aliphatic rings. The molecule has 0 aromatic rings. The van der Waals surface area contributed by atoms with Crippen molar-refractivity contribution >= 4 is 5.91 Å². The van der Waals surface area contributed by atoms with E-state index in [4.69, 9.17) is 9.47 Å². The largest absolute Gasteiger partial charge is 0.394 e. The number of unbranched alkanes of at least 4 members (excludes halogenated alkanes) is 26. The summed E-state index contributed by atoms with van der Waals surface area (Å²) in [5.41, 5.74) is 0. The van der Waals surface area contributed by atoms with Gasteiger partial charge in [-0.3, -0.25) is 4.79 Å². The van der Waals surface area contributed by atoms with E-state index < -0.39 is 49.5 Å². The minimum Gasteiger partial charge on any atom is -0.394 e. The predicted octanol–water partition coefficient (Wildman–Crippen LogP) is 9.50. The van der Waals surface area contributed by atoms with Crippen LogP contribution in [0.5, 0.6) is 0 Å². The second-order valence-corrected chi connectivity index (χ2v) is 16.2. The Bertz CT molecular complexity index is 914. The third-order valence-corrected chi connectivity index (χ3v) is 11.0. The van der Waals surface area contributed by atoms with E-state index >= 15 is 0 Å². The highest BCUT2D eigenvalue weighted by Gasteiger charge is 2.44. The van der Waals surface area contributed by atoms with Crippen LogP contribution in [0.3, 0.4) is 0 Å². The summed E-state index contributed by atoms with van der Waals surface area (Å²) in [5, 5.41) is 54.2. The molecule has 1 fully saturated rings. The molecule has 7 atom stereocenters. The third kappa shape index (κ3) is 27.9. The molecule has 55 heavy (non-hydrogen) atoms. The van der Waals surface area contributed by atoms with Crippen LogP contribution < -0.4 is 5.32 Å². The van der Waals surface area contributed by atoms with E-state index in [1.165, 1.54) is 141 Å². The second-order valence-electron chi connectivity index (χ2n) is 16.2. The number of carbonyl (C=O) groups is 1. The van der Waals surface area contributed by atoms with Gasteiger partial charge < -0.3 is 40.3 Å². The van der Waals surface area contributed by atoms with Gasteiger partial charge in [-0.25, -0.2) is 0 Å². The normalized spacial score (nSPS) is 21.5. The SMILES string of the molecule is CCCCCCCC/C=C/CCCCCCCCCC(=O)N[C@@H](CO[C@H]1O[C@@H](CO)[C@H](O)C(O)C1O)[C@H](O)/C=C/CCCCCCCCCCCCCCC. The summed E-state index contributed by atoms with van der Waals surface area (Å²) in [7, 11) is 0. The Labute approximate surface area is 337 Å². The van der Waals surface area contributed by atoms with Gasteiger partial charge in [0.1, 0.15) is 24.4 Å². The van der Waals surface area contributed by atoms with Crippen LogP contribution in [0.15, 0.2) is 24.3 Å². The standard InChI is InChI=1S/C46H87NO8/c1-3-5-7-9-11-13-15-17-19-20-22-24-26-28-30-32-34-36-42(50)47-39(38-54-46-45(53)44(52)43(51)41(37-48)55-46)40(49)35-33-31-29-27-25-23-21-18-16-14-12-10-8-6-4-2/h17,19,33,35,39-41,43-46,48-49,51-53H,3-16,18,20-32,34,36-38H2,1-2H3,(H,47,50)/b19-17+,35-33+/t39-,40+,41-,43-,44?,45?,46-/m0/s1. The topological polar surface area (TPSA) is 149 Å². The molecule has 1 heterocycles. The van der Waals surface area contributed by atoms with Crippen molar-refractivity contribution in [1.29, 1.82) is 0 Å². The summed E-state index contributed by atoms with van der Waals surface area (Å²) in [4.78, 5) is 12.9. The van der Waals surface area contributed by atoms with Gasteiger partial charge in [0, 0.05) is 6.42 Å². The van der Waals surface area contributed by atoms with Gasteiger partial charge in [0.15, 0.2) is 6.29 Å². The van der Waals surface area contributed by atoms with Gasteiger partial charge in [-0.15, -0.1) is 0 Å². The van der Waals surface area contributed by atoms with Crippen molar-refractivity contribution in [2.24, 2.45) is 0 Å². The number of hydrogen-bond acceptors (Lipinski definition) is 8. The monoisotopic (exact) mass is 782 g/mol. The maximum Gasteiger partial charge on any atom is 0.220 e. The van der Waals surface area contributed by atoms with E-state index in [1.807, 2.05) is 6.08 Å². The maximum absolute atomic E-state index is 12.9. The quantitative estimate of drug-likeness (QED) is 0.0268. The highest BCUT2D eigenvalue weighted by Crippen LogP contribution is 2.22. The molecule has 1 rings (SSSR count). The molecule has 9 nitrogen and oxygen atoms in total. The van der Waals surface area contributed by atoms with Crippen LogP contribution >= 0.6 is 0 Å². The first-order valence-corrected chi connectivity index (χ1v) is 23.1. The fourth-order valence-corrected chi connectivity index (χ4v) is 7.27. The van der Waals surface area contributed by atoms with Crippen molar-refractivity contribution in [3.05, 3.63) is 24.3 Å². The van der Waals surface area contributed by atoms with Crippen LogP contribution in [-0.2, 0) is 14.3 Å². The number of amides is 1. The van der Waals surface area contributed by atoms with E-state index in [2.05, 4.69) is 31.3 Å². The zero-order valence-corrected chi connectivity index (χ0v) is 35.4. The van der Waals surface area contributed by atoms with Gasteiger partial charge >= 0.3 is 0 Å². The van der Waals surface area contributed by atoms with Crippen molar-refractivity contribution in [1.82, 2.24) is 5.32 Å². The minimum atomic E-state index is -1.56. The zero-order chi connectivity index (χ0) is 40.2. The van der Waals surface area contributed by atoms with Crippen molar-refractivity contribution in [3.63, 3.8) is 0 Å². The van der Waals surface area contributed by atoms with E-state index in [9.17, 15) is 30.3 Å². The predicted molar refractivity (Wildman–Crippen MR) is 226 cm³/mol. The summed E-state index contributed by atoms with van der Waals surface area (Å²) in [6.07, 6.45) is 36.4. The first-order chi connectivity index (χ1) is 26.8. The summed E-state index contributed by atoms with van der Waals surface area (Å²) in [5.74, 6) is -0.181. The molecule has 0 aromatic heterocycles. The zero-order valence-electron chi connectivity index (χ0n) is 35.4. The van der Waals surface area contributed by atoms with Crippen LogP contribution in [0.25, 0.3) is 0 Å². The molecule has 9 heteroatoms. The number of ether oxygens (including phenoxy) is 2. The number of carbonyl (C=O) groups excluding carboxylic acids is 1. The molecule has 0 aromatic carbocycles. The first-order valence-electron chi connectivity index (χ1n) is 23.1. The Kier molecular flexibility index (Phi) is 34.7. The van der Waals surface area contributed by atoms with Gasteiger partial charge in [-0.2, -0.15) is 0 Å². The summed E-state index contributed by atoms with van der Waals surface area (Å²) in [6, 6.07) is -0.803. The molecule has 0 spiro atoms. The highest BCUT2D eigenvalue weighted by atomic mass is 16.7. The van der Waals surface area contributed by atoms with Crippen molar-refractivity contribution < 1.29 is 39.8 Å². The highest BCUT2D eigenvalue weighted by molar-refractivity contribution is 5.76. The smallest absolute Gasteiger partial charge is 0.220 e. The number of nitrogens with one attached hydrogen (secondary N) is 1. The Hall–Kier alpha value is -1.33. The van der Waals surface area contributed by atoms with E-state index in [0.29, 0.717) is 6.42 Å². The first kappa shape index (κ1) is 51.7. The van der Waals surface area contributed by atoms with Crippen LogP contribution in [0, 0.1) is 0 Å². The molecule has 6 N–H and O–H groups in total. The molecule has 2 unspecified atom stereocenters. The Morgan fingerprint density at radius 1 is 0.600 bits per heavy atom. The van der Waals surface area contributed by atoms with Gasteiger partial charge in [0.25, 0.3) is 0 Å². The molecule has 0 radical (unpaired) electrons. The lowest BCUT2D eigenvalue weighted by Crippen LogP contribution is -2.60. The average Bonchev–Trinajstić information content (AvgIpc) is 3.18. The van der Waals surface area contributed by atoms with Gasteiger partial charge in [0.2, 0.25) is 5.91 Å². The number of rotatable bonds is 38. The Morgan fingerprint density at radius 2 is 1.02 bits per heavy atom. The van der Waals surface area contributed by atoms with Gasteiger partial charge in [-0.05, 0) is 44.9 Å². The maximum atomic E-state index is 12.9. The fourth-order valence-electron chi connectivity index (χ4n) is 7.27. The number of hydrogen-bond donors (Lipinski definition) is 6. The van der Waals surface area contributed by atoms with Crippen LogP contribution in [0.1, 0.15) is 206 Å². The average molecular weight is 782 g/mol. The van der Waals surface area contributed by atoms with Gasteiger partial charge in [-0.1, -0.05) is 179 Å². The van der Waals surface area contributed by atoms with Crippen LogP contribution in [-0.4, -0.2) is 87.5 Å². The van der Waals surface area contributed by atoms with Crippen LogP contribution in [0.4, 0.5) is 0 Å². The molecule has 1 saturated heterocycles. The van der Waals surface area contributed by atoms with Crippen LogP contribution in [0.2, 0.25) is 0 Å². The minimum absolute atomic E-state index is 0.181. The van der Waals surface area contributed by atoms with Crippen molar-refractivity contribution in [2.45, 2.75) is 249 Å². The number of aliphatic hydroxyl groups is 5. The summed E-state index contributed by atoms with van der Waals surface area (Å²) in [6.45, 7) is 3.77. The lowest BCUT2D eigenvalue weighted by atomic mass is 9.99. The molecule has 1 amide bonds. The summed E-state index contributed by atoms with van der Waals surface area (Å²) < 4.78 is 11.2. The second kappa shape index (κ2) is 37.0. The van der Waals surface area contributed by atoms with Crippen molar-refractivity contribution in [2.75, 3.05) is 13.2 Å². The lowest BCUT2D eigenvalue weighted by Gasteiger charge is -2.40. The Morgan fingerprint density at radius 3 is 1.47 bits per heavy atom. The molecular formula is C46H87NO8. The van der Waals surface area contributed by atoms with Gasteiger partial charge in [0.05, 0.1) is 25.4 Å². The molecule has 324 valence electrons. The molecule has 0 bridgehead atoms. The van der Waals surface area contributed by atoms with E-state index in [0.717, 1.165) is 44.9 Å². The Balaban J connectivity index is 2.36. The molecule has 1 aliphatic heterocycles.